The molecule has 0 aliphatic carbocycles. The maximum Gasteiger partial charge on any atom is 0.410 e. The Morgan fingerprint density at radius 3 is 2.59 bits per heavy atom. The van der Waals surface area contributed by atoms with Crippen molar-refractivity contribution in [3.63, 3.8) is 0 Å². The fourth-order valence-corrected chi connectivity index (χ4v) is 3.10. The number of nitrogens with zero attached hydrogens (tertiary/aromatic N) is 3. The minimum atomic E-state index is -0.484. The van der Waals surface area contributed by atoms with Crippen LogP contribution in [0.2, 0.25) is 0 Å². The molecule has 7 nitrogen and oxygen atoms in total. The molecule has 8 heteroatoms. The third-order valence-corrected chi connectivity index (χ3v) is 4.80. The summed E-state index contributed by atoms with van der Waals surface area (Å²) in [5.74, 6) is 0.755. The van der Waals surface area contributed by atoms with Crippen LogP contribution in [0.1, 0.15) is 51.4 Å². The van der Waals surface area contributed by atoms with Gasteiger partial charge in [-0.05, 0) is 41.0 Å². The number of aliphatic imine (C=N–C) groups is 1. The van der Waals surface area contributed by atoms with Gasteiger partial charge in [0, 0.05) is 50.2 Å². The molecule has 0 atom stereocenters. The quantitative estimate of drug-likeness (QED) is 0.495. The van der Waals surface area contributed by atoms with Crippen LogP contribution in [0, 0.1) is 0 Å². The number of guanidine groups is 1. The zero-order valence-electron chi connectivity index (χ0n) is 17.6. The van der Waals surface area contributed by atoms with Crippen LogP contribution in [0.15, 0.2) is 11.2 Å². The standard InChI is InChI=1S/C19H35N5O2S/c1-7-15-14-23-16(27-15)10-11-21-17(20-8-2)22-12-13-24(9-3)18(25)26-19(4,5)6/h14H,7-13H2,1-6H3,(H2,20,21,22). The Morgan fingerprint density at radius 2 is 2.04 bits per heavy atom. The van der Waals surface area contributed by atoms with Gasteiger partial charge in [-0.2, -0.15) is 0 Å². The summed E-state index contributed by atoms with van der Waals surface area (Å²) >= 11 is 1.75. The Labute approximate surface area is 167 Å². The topological polar surface area (TPSA) is 78.9 Å². The van der Waals surface area contributed by atoms with E-state index in [1.54, 1.807) is 16.2 Å². The Morgan fingerprint density at radius 1 is 1.30 bits per heavy atom. The molecule has 1 aromatic heterocycles. The minimum absolute atomic E-state index is 0.288. The number of thiazole rings is 1. The molecule has 1 heterocycles. The number of hydrogen-bond acceptors (Lipinski definition) is 5. The number of likely N-dealkylation sites (N-methyl/N-ethyl adjacent to an activating group) is 1. The fourth-order valence-electron chi connectivity index (χ4n) is 2.25. The van der Waals surface area contributed by atoms with Crippen LogP contribution in [0.25, 0.3) is 0 Å². The lowest BCUT2D eigenvalue weighted by molar-refractivity contribution is 0.0264. The van der Waals surface area contributed by atoms with E-state index in [-0.39, 0.29) is 6.09 Å². The van der Waals surface area contributed by atoms with Crippen LogP contribution in [-0.4, -0.2) is 60.3 Å². The number of ether oxygens (including phenoxy) is 1. The maximum absolute atomic E-state index is 12.2. The van der Waals surface area contributed by atoms with Gasteiger partial charge >= 0.3 is 6.09 Å². The molecule has 0 bridgehead atoms. The van der Waals surface area contributed by atoms with Crippen molar-refractivity contribution in [1.82, 2.24) is 20.5 Å². The van der Waals surface area contributed by atoms with Crippen molar-refractivity contribution in [3.8, 4) is 0 Å². The van der Waals surface area contributed by atoms with Crippen molar-refractivity contribution in [2.24, 2.45) is 4.99 Å². The highest BCUT2D eigenvalue weighted by molar-refractivity contribution is 7.11. The van der Waals surface area contributed by atoms with Crippen LogP contribution in [0.4, 0.5) is 4.79 Å². The second-order valence-electron chi connectivity index (χ2n) is 7.07. The fraction of sp³-hybridized carbons (Fsp3) is 0.737. The number of hydrogen-bond donors (Lipinski definition) is 2. The summed E-state index contributed by atoms with van der Waals surface area (Å²) in [6, 6.07) is 0. The molecule has 1 rings (SSSR count). The SMILES string of the molecule is CCNC(=NCCc1ncc(CC)s1)NCCN(CC)C(=O)OC(C)(C)C. The third-order valence-electron chi connectivity index (χ3n) is 3.60. The van der Waals surface area contributed by atoms with Gasteiger partial charge in [-0.15, -0.1) is 11.3 Å². The molecule has 0 saturated heterocycles. The summed E-state index contributed by atoms with van der Waals surface area (Å²) in [7, 11) is 0. The summed E-state index contributed by atoms with van der Waals surface area (Å²) in [5, 5.41) is 7.63. The van der Waals surface area contributed by atoms with Crippen LogP contribution >= 0.6 is 11.3 Å². The summed E-state index contributed by atoms with van der Waals surface area (Å²) in [6.45, 7) is 15.0. The van der Waals surface area contributed by atoms with Crippen molar-refractivity contribution in [2.45, 2.75) is 60.0 Å². The van der Waals surface area contributed by atoms with Gasteiger partial charge in [-0.1, -0.05) is 6.92 Å². The van der Waals surface area contributed by atoms with Crippen LogP contribution in [0.5, 0.6) is 0 Å². The van der Waals surface area contributed by atoms with E-state index >= 15 is 0 Å². The molecule has 0 unspecified atom stereocenters. The number of aromatic nitrogens is 1. The van der Waals surface area contributed by atoms with Gasteiger partial charge in [-0.25, -0.2) is 9.78 Å². The molecule has 154 valence electrons. The third kappa shape index (κ3) is 9.60. The summed E-state index contributed by atoms with van der Waals surface area (Å²) in [4.78, 5) is 24.2. The first-order chi connectivity index (χ1) is 12.8. The van der Waals surface area contributed by atoms with Gasteiger partial charge in [0.05, 0.1) is 5.01 Å². The van der Waals surface area contributed by atoms with E-state index in [1.165, 1.54) is 4.88 Å². The van der Waals surface area contributed by atoms with Gasteiger partial charge in [0.15, 0.2) is 5.96 Å². The van der Waals surface area contributed by atoms with Crippen LogP contribution in [0.3, 0.4) is 0 Å². The Kier molecular flexibility index (Phi) is 10.1. The molecule has 0 aliphatic rings. The van der Waals surface area contributed by atoms with E-state index < -0.39 is 5.60 Å². The van der Waals surface area contributed by atoms with Crippen molar-refractivity contribution in [1.29, 1.82) is 0 Å². The van der Waals surface area contributed by atoms with E-state index in [9.17, 15) is 4.79 Å². The number of rotatable bonds is 9. The highest BCUT2D eigenvalue weighted by Gasteiger charge is 2.20. The smallest absolute Gasteiger partial charge is 0.410 e. The Hall–Kier alpha value is -1.83. The number of aryl methyl sites for hydroxylation is 1. The second kappa shape index (κ2) is 11.8. The van der Waals surface area contributed by atoms with Crippen LogP contribution in [-0.2, 0) is 17.6 Å². The normalized spacial score (nSPS) is 12.0. The van der Waals surface area contributed by atoms with Gasteiger partial charge in [0.25, 0.3) is 0 Å². The lowest BCUT2D eigenvalue weighted by atomic mass is 10.2. The number of carbonyl (C=O) groups is 1. The first-order valence-electron chi connectivity index (χ1n) is 9.72. The van der Waals surface area contributed by atoms with Crippen molar-refractivity contribution in [2.75, 3.05) is 32.7 Å². The zero-order chi connectivity index (χ0) is 20.3. The molecule has 1 aromatic rings. The average Bonchev–Trinajstić information content (AvgIpc) is 3.05. The average molecular weight is 398 g/mol. The van der Waals surface area contributed by atoms with E-state index in [2.05, 4.69) is 27.5 Å². The minimum Gasteiger partial charge on any atom is -0.444 e. The number of nitrogens with one attached hydrogen (secondary N) is 2. The molecule has 0 radical (unpaired) electrons. The lowest BCUT2D eigenvalue weighted by Gasteiger charge is -2.26. The Balaban J connectivity index is 2.47. The predicted octanol–water partition coefficient (Wildman–Crippen LogP) is 3.06. The number of carbonyl (C=O) groups excluding carboxylic acids is 1. The molecule has 0 saturated carbocycles. The molecule has 27 heavy (non-hydrogen) atoms. The van der Waals surface area contributed by atoms with Crippen molar-refractivity contribution >= 4 is 23.4 Å². The van der Waals surface area contributed by atoms with Gasteiger partial charge < -0.3 is 20.3 Å². The molecule has 0 aliphatic heterocycles. The largest absolute Gasteiger partial charge is 0.444 e. The van der Waals surface area contributed by atoms with E-state index in [1.807, 2.05) is 40.8 Å². The summed E-state index contributed by atoms with van der Waals surface area (Å²) in [5.41, 5.74) is -0.484. The molecule has 0 spiro atoms. The number of amides is 1. The van der Waals surface area contributed by atoms with E-state index in [0.717, 1.165) is 30.4 Å². The summed E-state index contributed by atoms with van der Waals surface area (Å²) in [6.07, 6.45) is 3.52. The zero-order valence-corrected chi connectivity index (χ0v) is 18.4. The highest BCUT2D eigenvalue weighted by atomic mass is 32.1. The molecule has 0 fully saturated rings. The first-order valence-corrected chi connectivity index (χ1v) is 10.5. The molecule has 2 N–H and O–H groups in total. The monoisotopic (exact) mass is 397 g/mol. The summed E-state index contributed by atoms with van der Waals surface area (Å²) < 4.78 is 5.43. The molecular weight excluding hydrogens is 362 g/mol. The maximum atomic E-state index is 12.2. The van der Waals surface area contributed by atoms with E-state index in [4.69, 9.17) is 4.74 Å². The second-order valence-corrected chi connectivity index (χ2v) is 8.27. The molecular formula is C19H35N5O2S. The van der Waals surface area contributed by atoms with Crippen molar-refractivity contribution in [3.05, 3.63) is 16.1 Å². The van der Waals surface area contributed by atoms with Crippen LogP contribution < -0.4 is 10.6 Å². The predicted molar refractivity (Wildman–Crippen MR) is 113 cm³/mol. The van der Waals surface area contributed by atoms with Gasteiger partial charge in [-0.3, -0.25) is 4.99 Å². The highest BCUT2D eigenvalue weighted by Crippen LogP contribution is 2.13. The Bertz CT molecular complexity index is 595. The molecule has 1 amide bonds. The van der Waals surface area contributed by atoms with Gasteiger partial charge in [0.1, 0.15) is 5.60 Å². The van der Waals surface area contributed by atoms with Gasteiger partial charge in [0.2, 0.25) is 0 Å². The lowest BCUT2D eigenvalue weighted by Crippen LogP contribution is -2.44. The molecule has 0 aromatic carbocycles. The van der Waals surface area contributed by atoms with E-state index in [0.29, 0.717) is 26.2 Å². The van der Waals surface area contributed by atoms with Crippen molar-refractivity contribution < 1.29 is 9.53 Å². The first kappa shape index (κ1) is 23.2.